The van der Waals surface area contributed by atoms with E-state index in [1.165, 1.54) is 0 Å². The molecule has 0 aromatic carbocycles. The van der Waals surface area contributed by atoms with Crippen molar-refractivity contribution in [2.75, 3.05) is 18.1 Å². The van der Waals surface area contributed by atoms with Gasteiger partial charge >= 0.3 is 0 Å². The van der Waals surface area contributed by atoms with E-state index >= 15 is 0 Å². The van der Waals surface area contributed by atoms with E-state index in [0.717, 1.165) is 19.4 Å². The molecular formula is C13H25NO3S. The van der Waals surface area contributed by atoms with Gasteiger partial charge in [0.2, 0.25) is 0 Å². The maximum absolute atomic E-state index is 11.6. The summed E-state index contributed by atoms with van der Waals surface area (Å²) in [4.78, 5) is 0. The van der Waals surface area contributed by atoms with Gasteiger partial charge in [-0.05, 0) is 26.7 Å². The molecule has 3 atom stereocenters. The predicted molar refractivity (Wildman–Crippen MR) is 72.4 cm³/mol. The van der Waals surface area contributed by atoms with E-state index in [1.807, 2.05) is 13.8 Å². The van der Waals surface area contributed by atoms with Crippen molar-refractivity contribution in [2.24, 2.45) is 5.41 Å². The summed E-state index contributed by atoms with van der Waals surface area (Å²) in [5, 5.41) is 3.57. The Morgan fingerprint density at radius 1 is 1.33 bits per heavy atom. The van der Waals surface area contributed by atoms with E-state index in [9.17, 15) is 8.42 Å². The molecule has 1 saturated heterocycles. The van der Waals surface area contributed by atoms with E-state index in [2.05, 4.69) is 19.2 Å². The van der Waals surface area contributed by atoms with Crippen LogP contribution in [-0.4, -0.2) is 44.2 Å². The average molecular weight is 275 g/mol. The quantitative estimate of drug-likeness (QED) is 0.841. The zero-order chi connectivity index (χ0) is 13.6. The Hall–Kier alpha value is -0.130. The molecule has 0 aromatic heterocycles. The van der Waals surface area contributed by atoms with Gasteiger partial charge in [-0.3, -0.25) is 0 Å². The topological polar surface area (TPSA) is 55.4 Å². The van der Waals surface area contributed by atoms with Gasteiger partial charge < -0.3 is 10.1 Å². The van der Waals surface area contributed by atoms with Gasteiger partial charge in [-0.15, -0.1) is 0 Å². The Morgan fingerprint density at radius 2 is 2.00 bits per heavy atom. The van der Waals surface area contributed by atoms with E-state index in [1.54, 1.807) is 0 Å². The molecule has 2 rings (SSSR count). The smallest absolute Gasteiger partial charge is 0.152 e. The summed E-state index contributed by atoms with van der Waals surface area (Å²) in [5.41, 5.74) is -0.163. The van der Waals surface area contributed by atoms with Crippen molar-refractivity contribution in [2.45, 2.75) is 58.2 Å². The molecule has 1 N–H and O–H groups in total. The summed E-state index contributed by atoms with van der Waals surface area (Å²) in [6, 6.07) is 0.354. The summed E-state index contributed by atoms with van der Waals surface area (Å²) >= 11 is 0. The first-order valence-corrected chi connectivity index (χ1v) is 8.60. The van der Waals surface area contributed by atoms with Crippen LogP contribution in [-0.2, 0) is 14.6 Å². The number of sulfone groups is 1. The Kier molecular flexibility index (Phi) is 3.54. The van der Waals surface area contributed by atoms with Crippen LogP contribution in [0.5, 0.6) is 0 Å². The molecule has 1 aliphatic heterocycles. The summed E-state index contributed by atoms with van der Waals surface area (Å²) in [7, 11) is -2.84. The second-order valence-electron chi connectivity index (χ2n) is 6.60. The monoisotopic (exact) mass is 275 g/mol. The minimum Gasteiger partial charge on any atom is -0.378 e. The number of hydrogen-bond donors (Lipinski definition) is 1. The third-order valence-corrected chi connectivity index (χ3v) is 6.47. The molecule has 1 aliphatic carbocycles. The fourth-order valence-electron chi connectivity index (χ4n) is 3.16. The van der Waals surface area contributed by atoms with Gasteiger partial charge in [0.1, 0.15) is 0 Å². The molecule has 5 heteroatoms. The summed E-state index contributed by atoms with van der Waals surface area (Å²) in [6.45, 7) is 9.18. The van der Waals surface area contributed by atoms with Crippen LogP contribution in [0.1, 0.15) is 40.5 Å². The normalized spacial score (nSPS) is 41.6. The molecule has 106 valence electrons. The summed E-state index contributed by atoms with van der Waals surface area (Å²) < 4.78 is 28.9. The minimum absolute atomic E-state index is 0.0887. The van der Waals surface area contributed by atoms with Crippen molar-refractivity contribution >= 4 is 9.84 Å². The predicted octanol–water partition coefficient (Wildman–Crippen LogP) is 1.36. The molecule has 1 heterocycles. The van der Waals surface area contributed by atoms with Gasteiger partial charge in [-0.1, -0.05) is 13.8 Å². The zero-order valence-corrected chi connectivity index (χ0v) is 12.6. The summed E-state index contributed by atoms with van der Waals surface area (Å²) in [5.74, 6) is 0.588. The van der Waals surface area contributed by atoms with Crippen molar-refractivity contribution in [3.05, 3.63) is 0 Å². The third kappa shape index (κ3) is 2.58. The molecule has 2 fully saturated rings. The highest BCUT2D eigenvalue weighted by Gasteiger charge is 2.52. The van der Waals surface area contributed by atoms with Crippen molar-refractivity contribution in [1.29, 1.82) is 0 Å². The van der Waals surface area contributed by atoms with E-state index in [0.29, 0.717) is 17.9 Å². The largest absolute Gasteiger partial charge is 0.378 e. The number of rotatable bonds is 4. The standard InChI is InChI=1S/C13H25NO3S/c1-5-17-11-8-10(12(11,2)3)14-13(4)6-7-18(15,16)9-13/h10-11,14H,5-9H2,1-4H3. The highest BCUT2D eigenvalue weighted by Crippen LogP contribution is 2.44. The van der Waals surface area contributed by atoms with E-state index < -0.39 is 9.84 Å². The second kappa shape index (κ2) is 4.46. The van der Waals surface area contributed by atoms with Crippen molar-refractivity contribution in [1.82, 2.24) is 5.32 Å². The van der Waals surface area contributed by atoms with Crippen LogP contribution in [0.4, 0.5) is 0 Å². The molecule has 0 spiro atoms. The maximum atomic E-state index is 11.6. The lowest BCUT2D eigenvalue weighted by molar-refractivity contribution is -0.119. The molecule has 18 heavy (non-hydrogen) atoms. The molecule has 1 saturated carbocycles. The average Bonchev–Trinajstić information content (AvgIpc) is 2.52. The van der Waals surface area contributed by atoms with Crippen molar-refractivity contribution in [3.8, 4) is 0 Å². The van der Waals surface area contributed by atoms with Crippen LogP contribution >= 0.6 is 0 Å². The molecular weight excluding hydrogens is 250 g/mol. The lowest BCUT2D eigenvalue weighted by Crippen LogP contribution is -2.65. The number of ether oxygens (including phenoxy) is 1. The zero-order valence-electron chi connectivity index (χ0n) is 11.8. The first kappa shape index (κ1) is 14.3. The lowest BCUT2D eigenvalue weighted by atomic mass is 9.63. The minimum atomic E-state index is -2.84. The van der Waals surface area contributed by atoms with Gasteiger partial charge in [0.25, 0.3) is 0 Å². The lowest BCUT2D eigenvalue weighted by Gasteiger charge is -2.54. The van der Waals surface area contributed by atoms with E-state index in [4.69, 9.17) is 4.74 Å². The Bertz CT molecular complexity index is 418. The Morgan fingerprint density at radius 3 is 2.44 bits per heavy atom. The van der Waals surface area contributed by atoms with Gasteiger partial charge in [0, 0.05) is 23.6 Å². The van der Waals surface area contributed by atoms with Crippen LogP contribution in [0.2, 0.25) is 0 Å². The van der Waals surface area contributed by atoms with Crippen LogP contribution in [0.25, 0.3) is 0 Å². The van der Waals surface area contributed by atoms with Crippen molar-refractivity contribution < 1.29 is 13.2 Å². The van der Waals surface area contributed by atoms with E-state index in [-0.39, 0.29) is 16.7 Å². The third-order valence-electron chi connectivity index (χ3n) is 4.57. The first-order valence-electron chi connectivity index (χ1n) is 6.78. The van der Waals surface area contributed by atoms with Crippen molar-refractivity contribution in [3.63, 3.8) is 0 Å². The fraction of sp³-hybridized carbons (Fsp3) is 1.00. The van der Waals surface area contributed by atoms with Crippen LogP contribution in [0.3, 0.4) is 0 Å². The maximum Gasteiger partial charge on any atom is 0.152 e. The Balaban J connectivity index is 1.96. The molecule has 0 aromatic rings. The second-order valence-corrected chi connectivity index (χ2v) is 8.78. The molecule has 0 radical (unpaired) electrons. The van der Waals surface area contributed by atoms with Gasteiger partial charge in [-0.25, -0.2) is 8.42 Å². The van der Waals surface area contributed by atoms with Crippen LogP contribution < -0.4 is 5.32 Å². The molecule has 0 bridgehead atoms. The highest BCUT2D eigenvalue weighted by atomic mass is 32.2. The number of hydrogen-bond acceptors (Lipinski definition) is 4. The molecule has 3 unspecified atom stereocenters. The van der Waals surface area contributed by atoms with Crippen LogP contribution in [0, 0.1) is 5.41 Å². The fourth-order valence-corrected chi connectivity index (χ4v) is 5.26. The van der Waals surface area contributed by atoms with Crippen LogP contribution in [0.15, 0.2) is 0 Å². The first-order chi connectivity index (χ1) is 8.19. The number of nitrogens with one attached hydrogen (secondary N) is 1. The molecule has 4 nitrogen and oxygen atoms in total. The molecule has 2 aliphatic rings. The SMILES string of the molecule is CCOC1CC(NC2(C)CCS(=O)(=O)C2)C1(C)C. The highest BCUT2D eigenvalue weighted by molar-refractivity contribution is 7.91. The molecule has 0 amide bonds. The van der Waals surface area contributed by atoms with Gasteiger partial charge in [0.05, 0.1) is 17.6 Å². The van der Waals surface area contributed by atoms with Gasteiger partial charge in [0.15, 0.2) is 9.84 Å². The summed E-state index contributed by atoms with van der Waals surface area (Å²) in [6.07, 6.45) is 2.00. The Labute approximate surface area is 110 Å². The van der Waals surface area contributed by atoms with Gasteiger partial charge in [-0.2, -0.15) is 0 Å².